The fourth-order valence-electron chi connectivity index (χ4n) is 1.61. The topological polar surface area (TPSA) is 38.3 Å². The maximum atomic E-state index is 12.0. The number of rotatable bonds is 3. The third kappa shape index (κ3) is 2.88. The van der Waals surface area contributed by atoms with Gasteiger partial charge in [0.1, 0.15) is 5.75 Å². The Kier molecular flexibility index (Phi) is 3.63. The summed E-state index contributed by atoms with van der Waals surface area (Å²) >= 11 is 0. The van der Waals surface area contributed by atoms with Gasteiger partial charge in [-0.05, 0) is 31.2 Å². The van der Waals surface area contributed by atoms with Crippen molar-refractivity contribution in [2.75, 3.05) is 12.4 Å². The maximum Gasteiger partial charge on any atom is 0.255 e. The van der Waals surface area contributed by atoms with Crippen LogP contribution in [0.4, 0.5) is 5.69 Å². The minimum atomic E-state index is -0.122. The molecule has 2 rings (SSSR count). The minimum absolute atomic E-state index is 0.122. The molecule has 0 aromatic heterocycles. The molecule has 0 saturated heterocycles. The first-order valence-electron chi connectivity index (χ1n) is 5.71. The fourth-order valence-corrected chi connectivity index (χ4v) is 1.61. The molecular formula is C15H15NO2. The van der Waals surface area contributed by atoms with Gasteiger partial charge in [-0.15, -0.1) is 0 Å². The van der Waals surface area contributed by atoms with E-state index < -0.39 is 0 Å². The summed E-state index contributed by atoms with van der Waals surface area (Å²) in [5.41, 5.74) is 2.50. The van der Waals surface area contributed by atoms with Gasteiger partial charge < -0.3 is 10.1 Å². The van der Waals surface area contributed by atoms with Crippen LogP contribution in [0.5, 0.6) is 5.75 Å². The molecule has 1 N–H and O–H groups in total. The lowest BCUT2D eigenvalue weighted by molar-refractivity contribution is 0.102. The molecule has 0 radical (unpaired) electrons. The highest BCUT2D eigenvalue weighted by Gasteiger charge is 2.05. The molecule has 0 aliphatic carbocycles. The number of amides is 1. The van der Waals surface area contributed by atoms with E-state index in [1.165, 1.54) is 0 Å². The van der Waals surface area contributed by atoms with E-state index in [0.717, 1.165) is 17.0 Å². The van der Waals surface area contributed by atoms with Gasteiger partial charge in [0.2, 0.25) is 0 Å². The number of anilines is 1. The van der Waals surface area contributed by atoms with Crippen molar-refractivity contribution in [3.8, 4) is 5.75 Å². The van der Waals surface area contributed by atoms with Crippen molar-refractivity contribution >= 4 is 11.6 Å². The van der Waals surface area contributed by atoms with Crippen molar-refractivity contribution < 1.29 is 9.53 Å². The molecular weight excluding hydrogens is 226 g/mol. The van der Waals surface area contributed by atoms with Gasteiger partial charge >= 0.3 is 0 Å². The highest BCUT2D eigenvalue weighted by Crippen LogP contribution is 2.17. The van der Waals surface area contributed by atoms with Crippen LogP contribution in [0, 0.1) is 6.92 Å². The zero-order valence-electron chi connectivity index (χ0n) is 10.4. The highest BCUT2D eigenvalue weighted by molar-refractivity contribution is 6.04. The number of nitrogens with one attached hydrogen (secondary N) is 1. The molecule has 0 heterocycles. The summed E-state index contributed by atoms with van der Waals surface area (Å²) in [6, 6.07) is 14.7. The average Bonchev–Trinajstić information content (AvgIpc) is 2.39. The van der Waals surface area contributed by atoms with Gasteiger partial charge in [-0.2, -0.15) is 0 Å². The third-order valence-electron chi connectivity index (χ3n) is 2.64. The lowest BCUT2D eigenvalue weighted by Crippen LogP contribution is -2.11. The van der Waals surface area contributed by atoms with E-state index in [9.17, 15) is 4.79 Å². The second kappa shape index (κ2) is 5.36. The molecule has 2 aromatic carbocycles. The Morgan fingerprint density at radius 1 is 1.11 bits per heavy atom. The quantitative estimate of drug-likeness (QED) is 0.895. The highest BCUT2D eigenvalue weighted by atomic mass is 16.5. The SMILES string of the molecule is COc1cccc(NC(=O)c2ccc(C)cc2)c1. The number of methoxy groups -OCH3 is 1. The van der Waals surface area contributed by atoms with Gasteiger partial charge in [0.15, 0.2) is 0 Å². The number of carbonyl (C=O) groups is 1. The molecule has 0 unspecified atom stereocenters. The molecule has 0 aliphatic heterocycles. The summed E-state index contributed by atoms with van der Waals surface area (Å²) in [5, 5.41) is 2.83. The van der Waals surface area contributed by atoms with Crippen molar-refractivity contribution in [2.45, 2.75) is 6.92 Å². The molecule has 0 saturated carbocycles. The molecule has 0 fully saturated rings. The monoisotopic (exact) mass is 241 g/mol. The summed E-state index contributed by atoms with van der Waals surface area (Å²) in [5.74, 6) is 0.597. The smallest absolute Gasteiger partial charge is 0.255 e. The van der Waals surface area contributed by atoms with Crippen LogP contribution in [0.25, 0.3) is 0 Å². The van der Waals surface area contributed by atoms with Gasteiger partial charge in [0.25, 0.3) is 5.91 Å². The van der Waals surface area contributed by atoms with Crippen LogP contribution in [0.15, 0.2) is 48.5 Å². The molecule has 3 nitrogen and oxygen atoms in total. The van der Waals surface area contributed by atoms with Gasteiger partial charge in [-0.3, -0.25) is 4.79 Å². The summed E-state index contributed by atoms with van der Waals surface area (Å²) < 4.78 is 5.11. The number of hydrogen-bond acceptors (Lipinski definition) is 2. The first kappa shape index (κ1) is 12.2. The van der Waals surface area contributed by atoms with Crippen LogP contribution < -0.4 is 10.1 Å². The van der Waals surface area contributed by atoms with Crippen molar-refractivity contribution in [3.05, 3.63) is 59.7 Å². The van der Waals surface area contributed by atoms with Crippen LogP contribution in [-0.2, 0) is 0 Å². The lowest BCUT2D eigenvalue weighted by Gasteiger charge is -2.07. The minimum Gasteiger partial charge on any atom is -0.497 e. The van der Waals surface area contributed by atoms with E-state index in [-0.39, 0.29) is 5.91 Å². The van der Waals surface area contributed by atoms with E-state index >= 15 is 0 Å². The number of aryl methyl sites for hydroxylation is 1. The molecule has 1 amide bonds. The average molecular weight is 241 g/mol. The normalized spacial score (nSPS) is 9.89. The number of benzene rings is 2. The summed E-state index contributed by atoms with van der Waals surface area (Å²) in [4.78, 5) is 12.0. The third-order valence-corrected chi connectivity index (χ3v) is 2.64. The second-order valence-electron chi connectivity index (χ2n) is 4.05. The number of ether oxygens (including phenoxy) is 1. The fraction of sp³-hybridized carbons (Fsp3) is 0.133. The second-order valence-corrected chi connectivity index (χ2v) is 4.05. The Morgan fingerprint density at radius 2 is 1.83 bits per heavy atom. The zero-order valence-corrected chi connectivity index (χ0v) is 10.4. The Bertz CT molecular complexity index is 547. The number of carbonyl (C=O) groups excluding carboxylic acids is 1. The summed E-state index contributed by atoms with van der Waals surface area (Å²) in [6.45, 7) is 1.99. The maximum absolute atomic E-state index is 12.0. The van der Waals surface area contributed by atoms with Crippen LogP contribution >= 0.6 is 0 Å². The van der Waals surface area contributed by atoms with Crippen molar-refractivity contribution in [2.24, 2.45) is 0 Å². The van der Waals surface area contributed by atoms with E-state index in [4.69, 9.17) is 4.74 Å². The largest absolute Gasteiger partial charge is 0.497 e. The van der Waals surface area contributed by atoms with Crippen LogP contribution in [0.2, 0.25) is 0 Å². The zero-order chi connectivity index (χ0) is 13.0. The van der Waals surface area contributed by atoms with Gasteiger partial charge in [0, 0.05) is 17.3 Å². The van der Waals surface area contributed by atoms with Crippen molar-refractivity contribution in [1.82, 2.24) is 0 Å². The molecule has 2 aromatic rings. The van der Waals surface area contributed by atoms with E-state index in [1.54, 1.807) is 13.2 Å². The standard InChI is InChI=1S/C15H15NO2/c1-11-6-8-12(9-7-11)15(17)16-13-4-3-5-14(10-13)18-2/h3-10H,1-2H3,(H,16,17). The van der Waals surface area contributed by atoms with Gasteiger partial charge in [0.05, 0.1) is 7.11 Å². The van der Waals surface area contributed by atoms with Crippen LogP contribution in [0.3, 0.4) is 0 Å². The molecule has 0 aliphatic rings. The predicted octanol–water partition coefficient (Wildman–Crippen LogP) is 3.26. The van der Waals surface area contributed by atoms with E-state index in [1.807, 2.05) is 49.4 Å². The summed E-state index contributed by atoms with van der Waals surface area (Å²) in [7, 11) is 1.60. The molecule has 0 spiro atoms. The molecule has 3 heteroatoms. The molecule has 92 valence electrons. The Hall–Kier alpha value is -2.29. The van der Waals surface area contributed by atoms with Crippen molar-refractivity contribution in [1.29, 1.82) is 0 Å². The molecule has 18 heavy (non-hydrogen) atoms. The Labute approximate surface area is 106 Å². The lowest BCUT2D eigenvalue weighted by atomic mass is 10.1. The van der Waals surface area contributed by atoms with Crippen molar-refractivity contribution in [3.63, 3.8) is 0 Å². The van der Waals surface area contributed by atoms with Gasteiger partial charge in [-0.1, -0.05) is 23.8 Å². The van der Waals surface area contributed by atoms with Crippen LogP contribution in [-0.4, -0.2) is 13.0 Å². The Morgan fingerprint density at radius 3 is 2.50 bits per heavy atom. The molecule has 0 bridgehead atoms. The van der Waals surface area contributed by atoms with Crippen LogP contribution in [0.1, 0.15) is 15.9 Å². The predicted molar refractivity (Wildman–Crippen MR) is 72.1 cm³/mol. The summed E-state index contributed by atoms with van der Waals surface area (Å²) in [6.07, 6.45) is 0. The first-order chi connectivity index (χ1) is 8.69. The molecule has 0 atom stereocenters. The van der Waals surface area contributed by atoms with Gasteiger partial charge in [-0.25, -0.2) is 0 Å². The Balaban J connectivity index is 2.13. The number of hydrogen-bond donors (Lipinski definition) is 1. The first-order valence-corrected chi connectivity index (χ1v) is 5.71. The van der Waals surface area contributed by atoms with E-state index in [2.05, 4.69) is 5.32 Å². The van der Waals surface area contributed by atoms with E-state index in [0.29, 0.717) is 5.56 Å².